The molecule has 160 valence electrons. The Morgan fingerprint density at radius 2 is 1.53 bits per heavy atom. The van der Waals surface area contributed by atoms with Gasteiger partial charge in [-0.15, -0.1) is 0 Å². The molecular weight excluding hydrogens is 453 g/mol. The van der Waals surface area contributed by atoms with Crippen LogP contribution in [0.15, 0.2) is 83.5 Å². The van der Waals surface area contributed by atoms with Crippen LogP contribution in [0.5, 0.6) is 5.75 Å². The molecule has 7 nitrogen and oxygen atoms in total. The molecule has 3 aromatic carbocycles. The fourth-order valence-corrected chi connectivity index (χ4v) is 3.41. The van der Waals surface area contributed by atoms with E-state index < -0.39 is 11.8 Å². The number of carbonyl (C=O) groups is 3. The van der Waals surface area contributed by atoms with Crippen LogP contribution in [0.25, 0.3) is 0 Å². The number of nitrogens with one attached hydrogen (secondary N) is 2. The Kier molecular flexibility index (Phi) is 5.85. The van der Waals surface area contributed by atoms with E-state index in [-0.39, 0.29) is 22.4 Å². The van der Waals surface area contributed by atoms with E-state index >= 15 is 0 Å². The van der Waals surface area contributed by atoms with Gasteiger partial charge in [-0.05, 0) is 60.7 Å². The van der Waals surface area contributed by atoms with Crippen LogP contribution in [-0.2, 0) is 9.59 Å². The average Bonchev–Trinajstić information content (AvgIpc) is 2.98. The fraction of sp³-hybridized carbons (Fsp3) is 0. The van der Waals surface area contributed by atoms with Gasteiger partial charge in [-0.2, -0.15) is 0 Å². The van der Waals surface area contributed by atoms with Crippen LogP contribution in [0.4, 0.5) is 17.1 Å². The second kappa shape index (κ2) is 8.74. The summed E-state index contributed by atoms with van der Waals surface area (Å²) in [6, 6.07) is 18.7. The second-order valence-corrected chi connectivity index (χ2v) is 7.63. The number of benzene rings is 3. The second-order valence-electron chi connectivity index (χ2n) is 6.82. The molecule has 0 saturated heterocycles. The van der Waals surface area contributed by atoms with Crippen molar-refractivity contribution in [3.05, 3.63) is 94.1 Å². The minimum absolute atomic E-state index is 0.0379. The molecule has 0 spiro atoms. The Labute approximate surface area is 192 Å². The number of halogens is 2. The van der Waals surface area contributed by atoms with Gasteiger partial charge in [0.2, 0.25) is 0 Å². The zero-order valence-corrected chi connectivity index (χ0v) is 17.8. The van der Waals surface area contributed by atoms with Gasteiger partial charge in [-0.1, -0.05) is 29.3 Å². The van der Waals surface area contributed by atoms with Crippen molar-refractivity contribution in [1.29, 1.82) is 0 Å². The van der Waals surface area contributed by atoms with Gasteiger partial charge in [0.25, 0.3) is 17.7 Å². The van der Waals surface area contributed by atoms with Gasteiger partial charge < -0.3 is 15.7 Å². The first-order valence-corrected chi connectivity index (χ1v) is 10.1. The summed E-state index contributed by atoms with van der Waals surface area (Å²) in [5.74, 6) is -1.59. The SMILES string of the molecule is O=C(Nc1cccc(O)c1)c1ccc(NC2=C(Cl)C(=O)N(c3ccc(Cl)cc3)C2=O)cc1. The number of phenolic OH excluding ortho intramolecular Hbond substituents is 1. The van der Waals surface area contributed by atoms with Crippen LogP contribution < -0.4 is 15.5 Å². The molecule has 0 bridgehead atoms. The number of nitrogens with zero attached hydrogens (tertiary/aromatic N) is 1. The maximum Gasteiger partial charge on any atom is 0.283 e. The quantitative estimate of drug-likeness (QED) is 0.471. The molecule has 1 aliphatic rings. The van der Waals surface area contributed by atoms with Crippen LogP contribution in [0.2, 0.25) is 5.02 Å². The van der Waals surface area contributed by atoms with E-state index in [1.54, 1.807) is 60.7 Å². The normalized spacial score (nSPS) is 13.5. The van der Waals surface area contributed by atoms with Crippen LogP contribution in [0.1, 0.15) is 10.4 Å². The number of aromatic hydroxyl groups is 1. The summed E-state index contributed by atoms with van der Waals surface area (Å²) in [4.78, 5) is 38.7. The van der Waals surface area contributed by atoms with Crippen molar-refractivity contribution < 1.29 is 19.5 Å². The standard InChI is InChI=1S/C23H15Cl2N3O4/c24-14-6-10-17(11-7-14)28-22(31)19(25)20(23(28)32)26-15-8-4-13(5-9-15)21(30)27-16-2-1-3-18(29)12-16/h1-12,26,29H,(H,27,30). The third-order valence-corrected chi connectivity index (χ3v) is 5.24. The molecule has 0 saturated carbocycles. The van der Waals surface area contributed by atoms with E-state index in [9.17, 15) is 19.5 Å². The summed E-state index contributed by atoms with van der Waals surface area (Å²) in [6.45, 7) is 0. The molecule has 9 heteroatoms. The van der Waals surface area contributed by atoms with E-state index in [4.69, 9.17) is 23.2 Å². The van der Waals surface area contributed by atoms with Crippen molar-refractivity contribution in [2.75, 3.05) is 15.5 Å². The van der Waals surface area contributed by atoms with Crippen molar-refractivity contribution in [3.8, 4) is 5.75 Å². The minimum atomic E-state index is -0.649. The zero-order chi connectivity index (χ0) is 22.8. The van der Waals surface area contributed by atoms with E-state index in [1.165, 1.54) is 12.1 Å². The number of imide groups is 1. The summed E-state index contributed by atoms with van der Waals surface area (Å²) in [5, 5.41) is 15.3. The van der Waals surface area contributed by atoms with Gasteiger partial charge in [0.15, 0.2) is 0 Å². The zero-order valence-electron chi connectivity index (χ0n) is 16.3. The van der Waals surface area contributed by atoms with E-state index in [0.29, 0.717) is 27.6 Å². The fourth-order valence-electron chi connectivity index (χ4n) is 3.07. The largest absolute Gasteiger partial charge is 0.508 e. The van der Waals surface area contributed by atoms with Crippen molar-refractivity contribution in [2.24, 2.45) is 0 Å². The monoisotopic (exact) mass is 467 g/mol. The van der Waals surface area contributed by atoms with Crippen molar-refractivity contribution >= 4 is 58.0 Å². The Balaban J connectivity index is 1.48. The number of anilines is 3. The number of amides is 3. The number of rotatable bonds is 5. The number of carbonyl (C=O) groups excluding carboxylic acids is 3. The van der Waals surface area contributed by atoms with E-state index in [0.717, 1.165) is 4.90 Å². The maximum atomic E-state index is 12.8. The molecule has 0 radical (unpaired) electrons. The van der Waals surface area contributed by atoms with Gasteiger partial charge in [-0.25, -0.2) is 4.90 Å². The van der Waals surface area contributed by atoms with Crippen molar-refractivity contribution in [3.63, 3.8) is 0 Å². The lowest BCUT2D eigenvalue weighted by atomic mass is 10.2. The first kappa shape index (κ1) is 21.4. The molecule has 3 N–H and O–H groups in total. The molecule has 4 rings (SSSR count). The molecule has 0 fully saturated rings. The highest BCUT2D eigenvalue weighted by atomic mass is 35.5. The van der Waals surface area contributed by atoms with Gasteiger partial charge in [0, 0.05) is 28.0 Å². The molecule has 32 heavy (non-hydrogen) atoms. The summed E-state index contributed by atoms with van der Waals surface area (Å²) in [5.41, 5.74) is 1.55. The van der Waals surface area contributed by atoms with Crippen LogP contribution >= 0.6 is 23.2 Å². The van der Waals surface area contributed by atoms with Crippen LogP contribution in [0.3, 0.4) is 0 Å². The van der Waals surface area contributed by atoms with E-state index in [1.807, 2.05) is 0 Å². The number of hydrogen-bond donors (Lipinski definition) is 3. The molecule has 1 aliphatic heterocycles. The van der Waals surface area contributed by atoms with Crippen LogP contribution in [0, 0.1) is 0 Å². The summed E-state index contributed by atoms with van der Waals surface area (Å²) >= 11 is 12.0. The molecule has 3 amide bonds. The third-order valence-electron chi connectivity index (χ3n) is 4.63. The molecule has 3 aromatic rings. The molecular formula is C23H15Cl2N3O4. The maximum absolute atomic E-state index is 12.8. The Bertz CT molecular complexity index is 1250. The molecule has 1 heterocycles. The summed E-state index contributed by atoms with van der Waals surface area (Å²) < 4.78 is 0. The van der Waals surface area contributed by atoms with Crippen molar-refractivity contribution in [2.45, 2.75) is 0 Å². The predicted molar refractivity (Wildman–Crippen MR) is 123 cm³/mol. The first-order valence-electron chi connectivity index (χ1n) is 9.35. The third kappa shape index (κ3) is 4.30. The van der Waals surface area contributed by atoms with Gasteiger partial charge in [0.05, 0.1) is 5.69 Å². The molecule has 0 atom stereocenters. The Morgan fingerprint density at radius 3 is 2.19 bits per heavy atom. The lowest BCUT2D eigenvalue weighted by Crippen LogP contribution is -2.32. The highest BCUT2D eigenvalue weighted by molar-refractivity contribution is 6.53. The minimum Gasteiger partial charge on any atom is -0.508 e. The Hall–Kier alpha value is -3.81. The Morgan fingerprint density at radius 1 is 0.844 bits per heavy atom. The smallest absolute Gasteiger partial charge is 0.283 e. The van der Waals surface area contributed by atoms with Crippen molar-refractivity contribution in [1.82, 2.24) is 0 Å². The number of hydrogen-bond acceptors (Lipinski definition) is 5. The number of phenols is 1. The highest BCUT2D eigenvalue weighted by Gasteiger charge is 2.38. The highest BCUT2D eigenvalue weighted by Crippen LogP contribution is 2.30. The molecule has 0 aliphatic carbocycles. The van der Waals surface area contributed by atoms with E-state index in [2.05, 4.69) is 10.6 Å². The first-order chi connectivity index (χ1) is 15.3. The van der Waals surface area contributed by atoms with Gasteiger partial charge >= 0.3 is 0 Å². The average molecular weight is 468 g/mol. The lowest BCUT2D eigenvalue weighted by Gasteiger charge is -2.15. The lowest BCUT2D eigenvalue weighted by molar-refractivity contribution is -0.120. The van der Waals surface area contributed by atoms with Crippen LogP contribution in [-0.4, -0.2) is 22.8 Å². The van der Waals surface area contributed by atoms with Gasteiger partial charge in [0.1, 0.15) is 16.5 Å². The molecule has 0 unspecified atom stereocenters. The van der Waals surface area contributed by atoms with Gasteiger partial charge in [-0.3, -0.25) is 14.4 Å². The summed E-state index contributed by atoms with van der Waals surface area (Å²) in [6.07, 6.45) is 0. The predicted octanol–water partition coefficient (Wildman–Crippen LogP) is 4.73. The summed E-state index contributed by atoms with van der Waals surface area (Å²) in [7, 11) is 0. The molecule has 0 aromatic heterocycles. The topological polar surface area (TPSA) is 98.7 Å².